The number of hydrogen-bond acceptors (Lipinski definition) is 3. The average molecular weight is 461 g/mol. The molecule has 2 aromatic carbocycles. The minimum absolute atomic E-state index is 0.101. The van der Waals surface area contributed by atoms with Crippen molar-refractivity contribution in [2.24, 2.45) is 0 Å². The molecule has 0 aliphatic rings. The molecule has 0 saturated heterocycles. The van der Waals surface area contributed by atoms with Crippen LogP contribution in [-0.4, -0.2) is 19.6 Å². The van der Waals surface area contributed by atoms with Crippen LogP contribution >= 0.6 is 31.9 Å². The van der Waals surface area contributed by atoms with Crippen LogP contribution in [0, 0.1) is 5.82 Å². The molecule has 24 heavy (non-hydrogen) atoms. The Bertz CT molecular complexity index is 753. The first kappa shape index (κ1) is 18.7. The number of benzene rings is 2. The minimum atomic E-state index is -0.522. The Kier molecular flexibility index (Phi) is 6.62. The topological polar surface area (TPSA) is 47.6 Å². The van der Waals surface area contributed by atoms with Gasteiger partial charge < -0.3 is 14.8 Å². The molecule has 2 aromatic rings. The largest absolute Gasteiger partial charge is 0.493 e. The number of carbonyl (C=O) groups is 1. The van der Waals surface area contributed by atoms with Gasteiger partial charge in [0.15, 0.2) is 11.5 Å². The standard InChI is InChI=1S/C17H16Br2FNO3/c1-3-6-24-16-12(19)7-10(8-15(16)23-2)17(22)21-14-5-4-11(18)9-13(14)20/h4-5,7-9H,3,6H2,1-2H3,(H,21,22). The van der Waals surface area contributed by atoms with Gasteiger partial charge >= 0.3 is 0 Å². The molecule has 0 spiro atoms. The van der Waals surface area contributed by atoms with Gasteiger partial charge in [-0.3, -0.25) is 4.79 Å². The number of halogens is 3. The first-order chi connectivity index (χ1) is 11.5. The smallest absolute Gasteiger partial charge is 0.255 e. The summed E-state index contributed by atoms with van der Waals surface area (Å²) >= 11 is 6.56. The molecule has 0 radical (unpaired) electrons. The zero-order chi connectivity index (χ0) is 17.7. The number of amides is 1. The summed E-state index contributed by atoms with van der Waals surface area (Å²) in [7, 11) is 1.50. The maximum absolute atomic E-state index is 13.9. The molecule has 4 nitrogen and oxygen atoms in total. The van der Waals surface area contributed by atoms with Crippen LogP contribution in [0.4, 0.5) is 10.1 Å². The van der Waals surface area contributed by atoms with Gasteiger partial charge in [0.2, 0.25) is 0 Å². The number of nitrogens with one attached hydrogen (secondary N) is 1. The fourth-order valence-electron chi connectivity index (χ4n) is 1.98. The van der Waals surface area contributed by atoms with Crippen LogP contribution in [0.25, 0.3) is 0 Å². The molecule has 0 aliphatic heterocycles. The van der Waals surface area contributed by atoms with Crippen molar-refractivity contribution in [1.29, 1.82) is 0 Å². The molecule has 128 valence electrons. The van der Waals surface area contributed by atoms with E-state index in [2.05, 4.69) is 37.2 Å². The van der Waals surface area contributed by atoms with E-state index in [0.29, 0.717) is 32.6 Å². The predicted octanol–water partition coefficient (Wildman–Crippen LogP) is 5.40. The van der Waals surface area contributed by atoms with Crippen LogP contribution in [0.15, 0.2) is 39.3 Å². The normalized spacial score (nSPS) is 10.4. The summed E-state index contributed by atoms with van der Waals surface area (Å²) in [6, 6.07) is 7.59. The molecular weight excluding hydrogens is 445 g/mol. The summed E-state index contributed by atoms with van der Waals surface area (Å²) in [5.74, 6) is -0.00565. The lowest BCUT2D eigenvalue weighted by Gasteiger charge is -2.14. The van der Waals surface area contributed by atoms with Crippen molar-refractivity contribution in [2.45, 2.75) is 13.3 Å². The molecule has 0 aromatic heterocycles. The lowest BCUT2D eigenvalue weighted by atomic mass is 10.1. The molecule has 0 atom stereocenters. The van der Waals surface area contributed by atoms with E-state index in [-0.39, 0.29) is 5.69 Å². The fraction of sp³-hybridized carbons (Fsp3) is 0.235. The number of anilines is 1. The van der Waals surface area contributed by atoms with E-state index < -0.39 is 11.7 Å². The molecule has 0 fully saturated rings. The Morgan fingerprint density at radius 3 is 2.62 bits per heavy atom. The van der Waals surface area contributed by atoms with Crippen molar-refractivity contribution in [3.05, 3.63) is 50.7 Å². The highest BCUT2D eigenvalue weighted by molar-refractivity contribution is 9.10. The van der Waals surface area contributed by atoms with E-state index in [4.69, 9.17) is 9.47 Å². The minimum Gasteiger partial charge on any atom is -0.493 e. The summed E-state index contributed by atoms with van der Waals surface area (Å²) in [4.78, 5) is 12.4. The molecule has 0 unspecified atom stereocenters. The molecule has 1 amide bonds. The molecule has 0 heterocycles. The number of methoxy groups -OCH3 is 1. The van der Waals surface area contributed by atoms with Crippen LogP contribution in [0.5, 0.6) is 11.5 Å². The predicted molar refractivity (Wildman–Crippen MR) is 98.5 cm³/mol. The van der Waals surface area contributed by atoms with Crippen molar-refractivity contribution < 1.29 is 18.7 Å². The van der Waals surface area contributed by atoms with Crippen molar-refractivity contribution >= 4 is 43.5 Å². The summed E-state index contributed by atoms with van der Waals surface area (Å²) < 4.78 is 26.0. The van der Waals surface area contributed by atoms with Gasteiger partial charge in [0.1, 0.15) is 5.82 Å². The third-order valence-electron chi connectivity index (χ3n) is 3.12. The van der Waals surface area contributed by atoms with Crippen molar-refractivity contribution in [2.75, 3.05) is 19.0 Å². The van der Waals surface area contributed by atoms with Gasteiger partial charge in [-0.05, 0) is 52.7 Å². The lowest BCUT2D eigenvalue weighted by molar-refractivity contribution is 0.102. The number of hydrogen-bond donors (Lipinski definition) is 1. The van der Waals surface area contributed by atoms with E-state index in [9.17, 15) is 9.18 Å². The highest BCUT2D eigenvalue weighted by Gasteiger charge is 2.16. The van der Waals surface area contributed by atoms with Gasteiger partial charge in [-0.25, -0.2) is 4.39 Å². The maximum atomic E-state index is 13.9. The molecule has 0 bridgehead atoms. The van der Waals surface area contributed by atoms with Gasteiger partial charge in [0.25, 0.3) is 5.91 Å². The second-order valence-corrected chi connectivity index (χ2v) is 6.69. The molecule has 7 heteroatoms. The monoisotopic (exact) mass is 459 g/mol. The first-order valence-corrected chi connectivity index (χ1v) is 8.81. The number of ether oxygens (including phenoxy) is 2. The van der Waals surface area contributed by atoms with E-state index in [1.807, 2.05) is 6.92 Å². The Labute approximate surface area is 156 Å². The van der Waals surface area contributed by atoms with Crippen LogP contribution in [0.2, 0.25) is 0 Å². The first-order valence-electron chi connectivity index (χ1n) is 7.23. The van der Waals surface area contributed by atoms with Gasteiger partial charge in [0.05, 0.1) is 23.9 Å². The quantitative estimate of drug-likeness (QED) is 0.627. The molecule has 0 aliphatic carbocycles. The maximum Gasteiger partial charge on any atom is 0.255 e. The molecule has 2 rings (SSSR count). The van der Waals surface area contributed by atoms with Gasteiger partial charge in [-0.2, -0.15) is 0 Å². The van der Waals surface area contributed by atoms with Gasteiger partial charge in [0, 0.05) is 10.0 Å². The Morgan fingerprint density at radius 1 is 1.25 bits per heavy atom. The third-order valence-corrected chi connectivity index (χ3v) is 4.20. The fourth-order valence-corrected chi connectivity index (χ4v) is 2.87. The Morgan fingerprint density at radius 2 is 2.00 bits per heavy atom. The highest BCUT2D eigenvalue weighted by Crippen LogP contribution is 2.37. The lowest BCUT2D eigenvalue weighted by Crippen LogP contribution is -2.13. The van der Waals surface area contributed by atoms with E-state index in [0.717, 1.165) is 6.42 Å². The van der Waals surface area contributed by atoms with E-state index >= 15 is 0 Å². The number of carbonyl (C=O) groups excluding carboxylic acids is 1. The molecular formula is C17H16Br2FNO3. The van der Waals surface area contributed by atoms with Crippen molar-refractivity contribution in [3.8, 4) is 11.5 Å². The highest BCUT2D eigenvalue weighted by atomic mass is 79.9. The van der Waals surface area contributed by atoms with Crippen LogP contribution in [0.1, 0.15) is 23.7 Å². The summed E-state index contributed by atoms with van der Waals surface area (Å²) in [6.07, 6.45) is 0.848. The SMILES string of the molecule is CCCOc1c(Br)cc(C(=O)Nc2ccc(Br)cc2F)cc1OC. The van der Waals surface area contributed by atoms with Crippen molar-refractivity contribution in [3.63, 3.8) is 0 Å². The zero-order valence-electron chi connectivity index (χ0n) is 13.2. The second-order valence-electron chi connectivity index (χ2n) is 4.92. The Hall–Kier alpha value is -1.60. The zero-order valence-corrected chi connectivity index (χ0v) is 16.3. The molecule has 1 N–H and O–H groups in total. The van der Waals surface area contributed by atoms with E-state index in [1.165, 1.54) is 19.2 Å². The second kappa shape index (κ2) is 8.48. The van der Waals surface area contributed by atoms with Crippen LogP contribution in [0.3, 0.4) is 0 Å². The van der Waals surface area contributed by atoms with Crippen LogP contribution < -0.4 is 14.8 Å². The van der Waals surface area contributed by atoms with Gasteiger partial charge in [-0.1, -0.05) is 22.9 Å². The average Bonchev–Trinajstić information content (AvgIpc) is 2.55. The van der Waals surface area contributed by atoms with Crippen molar-refractivity contribution in [1.82, 2.24) is 0 Å². The van der Waals surface area contributed by atoms with Crippen LogP contribution in [-0.2, 0) is 0 Å². The third kappa shape index (κ3) is 4.48. The van der Waals surface area contributed by atoms with Gasteiger partial charge in [-0.15, -0.1) is 0 Å². The number of rotatable bonds is 6. The summed E-state index contributed by atoms with van der Waals surface area (Å²) in [5, 5.41) is 2.54. The van der Waals surface area contributed by atoms with E-state index in [1.54, 1.807) is 18.2 Å². The summed E-state index contributed by atoms with van der Waals surface area (Å²) in [5.41, 5.74) is 0.425. The Balaban J connectivity index is 2.27. The summed E-state index contributed by atoms with van der Waals surface area (Å²) in [6.45, 7) is 2.53. The molecule has 0 saturated carbocycles.